The van der Waals surface area contributed by atoms with E-state index in [2.05, 4.69) is 15.1 Å². The first-order valence-corrected chi connectivity index (χ1v) is 9.70. The van der Waals surface area contributed by atoms with Gasteiger partial charge in [0.1, 0.15) is 18.2 Å². The number of hydrogen-bond donors (Lipinski definition) is 1. The van der Waals surface area contributed by atoms with Gasteiger partial charge in [0, 0.05) is 44.5 Å². The van der Waals surface area contributed by atoms with E-state index in [1.165, 1.54) is 12.1 Å². The maximum absolute atomic E-state index is 13.1. The summed E-state index contributed by atoms with van der Waals surface area (Å²) >= 11 is 0. The Bertz CT molecular complexity index is 784. The van der Waals surface area contributed by atoms with Crippen molar-refractivity contribution in [1.82, 2.24) is 9.80 Å². The molecule has 0 spiro atoms. The van der Waals surface area contributed by atoms with Gasteiger partial charge in [-0.2, -0.15) is 0 Å². The van der Waals surface area contributed by atoms with Crippen molar-refractivity contribution in [1.29, 1.82) is 0 Å². The second-order valence-electron chi connectivity index (χ2n) is 7.24. The Hall–Kier alpha value is -2.44. The van der Waals surface area contributed by atoms with E-state index in [1.54, 1.807) is 12.1 Å². The minimum atomic E-state index is -0.287. The summed E-state index contributed by atoms with van der Waals surface area (Å²) in [7, 11) is 0. The number of anilines is 1. The van der Waals surface area contributed by atoms with Gasteiger partial charge in [0.2, 0.25) is 5.91 Å². The fourth-order valence-corrected chi connectivity index (χ4v) is 3.41. The van der Waals surface area contributed by atoms with Crippen LogP contribution >= 0.6 is 0 Å². The Morgan fingerprint density at radius 3 is 2.36 bits per heavy atom. The molecule has 0 aromatic heterocycles. The first-order valence-electron chi connectivity index (χ1n) is 9.70. The lowest BCUT2D eigenvalue weighted by Gasteiger charge is -2.34. The Kier molecular flexibility index (Phi) is 7.01. The molecule has 0 unspecified atom stereocenters. The topological polar surface area (TPSA) is 44.8 Å². The SMILES string of the molecule is Cc1cccc(C)c1NC(=O)CN1CCN(CCOc2cccc(F)c2)CC1. The molecule has 0 saturated carbocycles. The van der Waals surface area contributed by atoms with Gasteiger partial charge in [0.05, 0.1) is 6.54 Å². The number of hydrogen-bond acceptors (Lipinski definition) is 4. The molecule has 28 heavy (non-hydrogen) atoms. The first kappa shape index (κ1) is 20.3. The Morgan fingerprint density at radius 1 is 1.04 bits per heavy atom. The normalized spacial score (nSPS) is 15.4. The lowest BCUT2D eigenvalue weighted by molar-refractivity contribution is -0.117. The standard InChI is InChI=1S/C22H28FN3O2/c1-17-5-3-6-18(2)22(17)24-21(27)16-26-11-9-25(10-12-26)13-14-28-20-8-4-7-19(23)15-20/h3-8,15H,9-14,16H2,1-2H3,(H,24,27). The maximum atomic E-state index is 13.1. The van der Waals surface area contributed by atoms with Gasteiger partial charge in [-0.25, -0.2) is 4.39 Å². The largest absolute Gasteiger partial charge is 0.492 e. The van der Waals surface area contributed by atoms with Crippen LogP contribution in [0.25, 0.3) is 0 Å². The highest BCUT2D eigenvalue weighted by Gasteiger charge is 2.19. The van der Waals surface area contributed by atoms with Gasteiger partial charge in [-0.15, -0.1) is 0 Å². The zero-order valence-corrected chi connectivity index (χ0v) is 16.6. The minimum absolute atomic E-state index is 0.0280. The number of ether oxygens (including phenoxy) is 1. The zero-order valence-electron chi connectivity index (χ0n) is 16.6. The molecule has 1 heterocycles. The van der Waals surface area contributed by atoms with Crippen LogP contribution in [0.2, 0.25) is 0 Å². The molecule has 1 aliphatic rings. The highest BCUT2D eigenvalue weighted by Crippen LogP contribution is 2.19. The summed E-state index contributed by atoms with van der Waals surface area (Å²) in [6, 6.07) is 12.2. The minimum Gasteiger partial charge on any atom is -0.492 e. The second-order valence-corrected chi connectivity index (χ2v) is 7.24. The highest BCUT2D eigenvalue weighted by molar-refractivity contribution is 5.93. The van der Waals surface area contributed by atoms with Crippen molar-refractivity contribution in [2.24, 2.45) is 0 Å². The number of amides is 1. The van der Waals surface area contributed by atoms with Crippen molar-refractivity contribution < 1.29 is 13.9 Å². The van der Waals surface area contributed by atoms with Gasteiger partial charge in [-0.3, -0.25) is 14.6 Å². The number of para-hydroxylation sites is 1. The molecule has 0 radical (unpaired) electrons. The van der Waals surface area contributed by atoms with E-state index in [0.717, 1.165) is 49.5 Å². The summed E-state index contributed by atoms with van der Waals surface area (Å²) in [4.78, 5) is 16.9. The molecule has 1 fully saturated rings. The lowest BCUT2D eigenvalue weighted by atomic mass is 10.1. The number of piperazine rings is 1. The van der Waals surface area contributed by atoms with Crippen molar-refractivity contribution in [3.63, 3.8) is 0 Å². The Balaban J connectivity index is 1.37. The number of halogens is 1. The van der Waals surface area contributed by atoms with Crippen LogP contribution in [0.5, 0.6) is 5.75 Å². The van der Waals surface area contributed by atoms with Crippen LogP contribution < -0.4 is 10.1 Å². The summed E-state index contributed by atoms with van der Waals surface area (Å²) in [5, 5.41) is 3.05. The molecule has 1 saturated heterocycles. The molecule has 3 rings (SSSR count). The third kappa shape index (κ3) is 5.78. The summed E-state index contributed by atoms with van der Waals surface area (Å²) < 4.78 is 18.8. The maximum Gasteiger partial charge on any atom is 0.238 e. The van der Waals surface area contributed by atoms with E-state index in [4.69, 9.17) is 4.74 Å². The molecule has 0 bridgehead atoms. The summed E-state index contributed by atoms with van der Waals surface area (Å²) in [5.41, 5.74) is 3.08. The average Bonchev–Trinajstić information content (AvgIpc) is 2.66. The zero-order chi connectivity index (χ0) is 19.9. The van der Waals surface area contributed by atoms with E-state index in [9.17, 15) is 9.18 Å². The summed E-state index contributed by atoms with van der Waals surface area (Å²) in [6.07, 6.45) is 0. The van der Waals surface area contributed by atoms with Crippen molar-refractivity contribution >= 4 is 11.6 Å². The summed E-state index contributed by atoms with van der Waals surface area (Å²) in [6.45, 7) is 9.21. The van der Waals surface area contributed by atoms with E-state index in [-0.39, 0.29) is 11.7 Å². The van der Waals surface area contributed by atoms with Crippen molar-refractivity contribution in [3.05, 3.63) is 59.4 Å². The van der Waals surface area contributed by atoms with Crippen molar-refractivity contribution in [2.45, 2.75) is 13.8 Å². The number of nitrogens with one attached hydrogen (secondary N) is 1. The number of nitrogens with zero attached hydrogens (tertiary/aromatic N) is 2. The molecular formula is C22H28FN3O2. The third-order valence-corrected chi connectivity index (χ3v) is 5.05. The van der Waals surface area contributed by atoms with Crippen LogP contribution in [0.3, 0.4) is 0 Å². The summed E-state index contributed by atoms with van der Waals surface area (Å²) in [5.74, 6) is 0.298. The molecule has 1 amide bonds. The van der Waals surface area contributed by atoms with Crippen LogP contribution in [0.4, 0.5) is 10.1 Å². The number of carbonyl (C=O) groups excluding carboxylic acids is 1. The number of rotatable bonds is 7. The van der Waals surface area contributed by atoms with Gasteiger partial charge in [-0.05, 0) is 37.1 Å². The fraction of sp³-hybridized carbons (Fsp3) is 0.409. The molecule has 0 atom stereocenters. The van der Waals surface area contributed by atoms with Gasteiger partial charge in [0.15, 0.2) is 0 Å². The van der Waals surface area contributed by atoms with Crippen LogP contribution in [-0.2, 0) is 4.79 Å². The molecule has 0 aliphatic carbocycles. The number of carbonyl (C=O) groups is 1. The third-order valence-electron chi connectivity index (χ3n) is 5.05. The Labute approximate surface area is 166 Å². The predicted octanol–water partition coefficient (Wildman–Crippen LogP) is 3.08. The predicted molar refractivity (Wildman–Crippen MR) is 109 cm³/mol. The number of aryl methyl sites for hydroxylation is 2. The second kappa shape index (κ2) is 9.66. The van der Waals surface area contributed by atoms with Crippen LogP contribution in [0.15, 0.2) is 42.5 Å². The average molecular weight is 385 g/mol. The lowest BCUT2D eigenvalue weighted by Crippen LogP contribution is -2.49. The van der Waals surface area contributed by atoms with Gasteiger partial charge < -0.3 is 10.1 Å². The Morgan fingerprint density at radius 2 is 1.68 bits per heavy atom. The van der Waals surface area contributed by atoms with Gasteiger partial charge in [0.25, 0.3) is 0 Å². The van der Waals surface area contributed by atoms with E-state index in [0.29, 0.717) is 18.9 Å². The molecule has 2 aromatic rings. The van der Waals surface area contributed by atoms with E-state index in [1.807, 2.05) is 32.0 Å². The molecular weight excluding hydrogens is 357 g/mol. The smallest absolute Gasteiger partial charge is 0.238 e. The van der Waals surface area contributed by atoms with Crippen LogP contribution in [0, 0.1) is 19.7 Å². The highest BCUT2D eigenvalue weighted by atomic mass is 19.1. The molecule has 2 aromatic carbocycles. The van der Waals surface area contributed by atoms with Gasteiger partial charge in [-0.1, -0.05) is 24.3 Å². The van der Waals surface area contributed by atoms with E-state index >= 15 is 0 Å². The fourth-order valence-electron chi connectivity index (χ4n) is 3.41. The number of benzene rings is 2. The molecule has 150 valence electrons. The molecule has 6 heteroatoms. The van der Waals surface area contributed by atoms with Crippen LogP contribution in [-0.4, -0.2) is 61.6 Å². The quantitative estimate of drug-likeness (QED) is 0.796. The monoisotopic (exact) mass is 385 g/mol. The van der Waals surface area contributed by atoms with Crippen molar-refractivity contribution in [2.75, 3.05) is 51.2 Å². The van der Waals surface area contributed by atoms with E-state index < -0.39 is 0 Å². The molecule has 1 N–H and O–H groups in total. The van der Waals surface area contributed by atoms with Crippen molar-refractivity contribution in [3.8, 4) is 5.75 Å². The van der Waals surface area contributed by atoms with Gasteiger partial charge >= 0.3 is 0 Å². The first-order chi connectivity index (χ1) is 13.5. The molecule has 5 nitrogen and oxygen atoms in total. The molecule has 1 aliphatic heterocycles. The van der Waals surface area contributed by atoms with Crippen LogP contribution in [0.1, 0.15) is 11.1 Å².